The highest BCUT2D eigenvalue weighted by Gasteiger charge is 1.99. The number of hydrogen-bond donors (Lipinski definition) is 3. The summed E-state index contributed by atoms with van der Waals surface area (Å²) in [5.74, 6) is -1.07. The lowest BCUT2D eigenvalue weighted by Gasteiger charge is -1.99. The fourth-order valence-electron chi connectivity index (χ4n) is 0.383. The zero-order valence-electron chi connectivity index (χ0n) is 5.79. The molecule has 6 nitrogen and oxygen atoms in total. The smallest absolute Gasteiger partial charge is 0.239 e. The highest BCUT2D eigenvalue weighted by atomic mass is 16.2. The second-order valence-corrected chi connectivity index (χ2v) is 1.74. The number of nitrogens with two attached hydrogens (primary N) is 1. The Balaban J connectivity index is 3.37. The van der Waals surface area contributed by atoms with Crippen molar-refractivity contribution in [2.75, 3.05) is 13.1 Å². The molecule has 0 aromatic carbocycles. The maximum Gasteiger partial charge on any atom is 0.239 e. The number of nitrogens with one attached hydrogen (secondary N) is 2. The van der Waals surface area contributed by atoms with Crippen LogP contribution in [-0.4, -0.2) is 31.3 Å². The van der Waals surface area contributed by atoms with Crippen molar-refractivity contribution < 1.29 is 14.4 Å². The Bertz CT molecular complexity index is 168. The van der Waals surface area contributed by atoms with E-state index in [2.05, 4.69) is 10.6 Å². The first-order valence-corrected chi connectivity index (χ1v) is 2.89. The molecule has 0 aliphatic carbocycles. The molecule has 3 amide bonds. The van der Waals surface area contributed by atoms with Gasteiger partial charge in [0.15, 0.2) is 0 Å². The quantitative estimate of drug-likeness (QED) is 0.381. The number of carbonyl (C=O) groups excluding carboxylic acids is 3. The Morgan fingerprint density at radius 1 is 1.36 bits per heavy atom. The Kier molecular flexibility index (Phi) is 4.46. The van der Waals surface area contributed by atoms with Crippen molar-refractivity contribution in [3.8, 4) is 0 Å². The van der Waals surface area contributed by atoms with Crippen LogP contribution >= 0.6 is 0 Å². The molecule has 0 saturated heterocycles. The molecule has 0 rings (SSSR count). The maximum absolute atomic E-state index is 10.6. The molecule has 0 fully saturated rings. The summed E-state index contributed by atoms with van der Waals surface area (Å²) in [6, 6.07) is 0. The summed E-state index contributed by atoms with van der Waals surface area (Å²) >= 11 is 0. The fraction of sp³-hybridized carbons (Fsp3) is 0.400. The van der Waals surface area contributed by atoms with Gasteiger partial charge < -0.3 is 16.4 Å². The van der Waals surface area contributed by atoms with E-state index in [0.29, 0.717) is 6.41 Å². The van der Waals surface area contributed by atoms with E-state index in [1.165, 1.54) is 0 Å². The number of amides is 3. The van der Waals surface area contributed by atoms with Gasteiger partial charge >= 0.3 is 0 Å². The summed E-state index contributed by atoms with van der Waals surface area (Å²) in [4.78, 5) is 30.3. The molecule has 0 aliphatic rings. The van der Waals surface area contributed by atoms with Crippen molar-refractivity contribution in [2.24, 2.45) is 5.73 Å². The lowest BCUT2D eigenvalue weighted by atomic mass is 10.5. The Labute approximate surface area is 63.1 Å². The topological polar surface area (TPSA) is 101 Å². The second-order valence-electron chi connectivity index (χ2n) is 1.74. The van der Waals surface area contributed by atoms with Gasteiger partial charge in [0, 0.05) is 0 Å². The first-order valence-electron chi connectivity index (χ1n) is 2.89. The van der Waals surface area contributed by atoms with Gasteiger partial charge in [-0.3, -0.25) is 14.4 Å². The van der Waals surface area contributed by atoms with Gasteiger partial charge in [-0.2, -0.15) is 0 Å². The van der Waals surface area contributed by atoms with Crippen molar-refractivity contribution in [1.82, 2.24) is 10.6 Å². The minimum atomic E-state index is -0.621. The molecule has 6 heteroatoms. The van der Waals surface area contributed by atoms with E-state index in [1.807, 2.05) is 0 Å². The van der Waals surface area contributed by atoms with Gasteiger partial charge in [-0.15, -0.1) is 0 Å². The lowest BCUT2D eigenvalue weighted by molar-refractivity contribution is -0.125. The number of rotatable bonds is 5. The summed E-state index contributed by atoms with van der Waals surface area (Å²) in [6.45, 7) is -0.351. The van der Waals surface area contributed by atoms with Gasteiger partial charge in [0.25, 0.3) is 0 Å². The van der Waals surface area contributed by atoms with Gasteiger partial charge in [-0.05, 0) is 0 Å². The standard InChI is InChI=1S/C5H9N3O3/c6-4(10)1-8-5(11)2-7-3-9/h3H,1-2H2,(H2,6,10)(H,7,9)(H,8,11). The molecular formula is C5H9N3O3. The highest BCUT2D eigenvalue weighted by Crippen LogP contribution is 1.61. The Morgan fingerprint density at radius 2 is 2.00 bits per heavy atom. The molecule has 0 spiro atoms. The van der Waals surface area contributed by atoms with Crippen molar-refractivity contribution >= 4 is 18.2 Å². The van der Waals surface area contributed by atoms with Crippen LogP contribution in [0.25, 0.3) is 0 Å². The summed E-state index contributed by atoms with van der Waals surface area (Å²) in [7, 11) is 0. The first-order chi connectivity index (χ1) is 5.16. The van der Waals surface area contributed by atoms with E-state index >= 15 is 0 Å². The molecule has 0 unspecified atom stereocenters. The van der Waals surface area contributed by atoms with Gasteiger partial charge in [-0.25, -0.2) is 0 Å². The number of carbonyl (C=O) groups is 3. The molecule has 0 heterocycles. The highest BCUT2D eigenvalue weighted by molar-refractivity contribution is 5.85. The molecule has 62 valence electrons. The molecule has 0 aliphatic heterocycles. The summed E-state index contributed by atoms with van der Waals surface area (Å²) in [5.41, 5.74) is 4.73. The molecule has 0 atom stereocenters. The van der Waals surface area contributed by atoms with Gasteiger partial charge in [0.2, 0.25) is 18.2 Å². The number of primary amides is 1. The Morgan fingerprint density at radius 3 is 2.45 bits per heavy atom. The largest absolute Gasteiger partial charge is 0.368 e. The van der Waals surface area contributed by atoms with Crippen LogP contribution < -0.4 is 16.4 Å². The van der Waals surface area contributed by atoms with Crippen LogP contribution in [0.5, 0.6) is 0 Å². The van der Waals surface area contributed by atoms with Crippen LogP contribution in [0.1, 0.15) is 0 Å². The van der Waals surface area contributed by atoms with Gasteiger partial charge in [0.05, 0.1) is 13.1 Å². The van der Waals surface area contributed by atoms with Crippen molar-refractivity contribution in [1.29, 1.82) is 0 Å². The van der Waals surface area contributed by atoms with Crippen LogP contribution in [0.2, 0.25) is 0 Å². The zero-order valence-corrected chi connectivity index (χ0v) is 5.79. The molecule has 0 aromatic heterocycles. The first kappa shape index (κ1) is 9.41. The van der Waals surface area contributed by atoms with E-state index in [0.717, 1.165) is 0 Å². The molecule has 0 aromatic rings. The minimum Gasteiger partial charge on any atom is -0.368 e. The molecule has 0 saturated carbocycles. The third-order valence-corrected chi connectivity index (χ3v) is 0.806. The van der Waals surface area contributed by atoms with Crippen LogP contribution in [0.3, 0.4) is 0 Å². The van der Waals surface area contributed by atoms with Crippen LogP contribution in [0.4, 0.5) is 0 Å². The molecular weight excluding hydrogens is 150 g/mol. The van der Waals surface area contributed by atoms with Crippen molar-refractivity contribution in [2.45, 2.75) is 0 Å². The van der Waals surface area contributed by atoms with E-state index in [-0.39, 0.29) is 13.1 Å². The normalized spacial score (nSPS) is 8.36. The predicted octanol–water partition coefficient (Wildman–Crippen LogP) is -2.67. The van der Waals surface area contributed by atoms with Crippen LogP contribution in [0, 0.1) is 0 Å². The van der Waals surface area contributed by atoms with E-state index in [1.54, 1.807) is 0 Å². The monoisotopic (exact) mass is 159 g/mol. The van der Waals surface area contributed by atoms with Crippen LogP contribution in [-0.2, 0) is 14.4 Å². The second kappa shape index (κ2) is 5.21. The average molecular weight is 159 g/mol. The molecule has 11 heavy (non-hydrogen) atoms. The predicted molar refractivity (Wildman–Crippen MR) is 36.3 cm³/mol. The zero-order chi connectivity index (χ0) is 8.69. The summed E-state index contributed by atoms with van der Waals surface area (Å²) in [5, 5.41) is 4.31. The SMILES string of the molecule is NC(=O)CNC(=O)CNC=O. The maximum atomic E-state index is 10.6. The third kappa shape index (κ3) is 6.29. The third-order valence-electron chi connectivity index (χ3n) is 0.806. The lowest BCUT2D eigenvalue weighted by Crippen LogP contribution is -2.38. The van der Waals surface area contributed by atoms with Gasteiger partial charge in [0.1, 0.15) is 0 Å². The Hall–Kier alpha value is -1.59. The summed E-state index contributed by atoms with van der Waals surface area (Å²) < 4.78 is 0. The van der Waals surface area contributed by atoms with Crippen molar-refractivity contribution in [3.05, 3.63) is 0 Å². The van der Waals surface area contributed by atoms with E-state index < -0.39 is 11.8 Å². The average Bonchev–Trinajstić information content (AvgIpc) is 1.97. The van der Waals surface area contributed by atoms with Gasteiger partial charge in [-0.1, -0.05) is 0 Å². The van der Waals surface area contributed by atoms with E-state index in [4.69, 9.17) is 5.73 Å². The van der Waals surface area contributed by atoms with E-state index in [9.17, 15) is 14.4 Å². The summed E-state index contributed by atoms with van der Waals surface area (Å²) in [6.07, 6.45) is 0.393. The number of hydrogen-bond acceptors (Lipinski definition) is 3. The molecule has 0 radical (unpaired) electrons. The van der Waals surface area contributed by atoms with Crippen molar-refractivity contribution in [3.63, 3.8) is 0 Å². The fourth-order valence-corrected chi connectivity index (χ4v) is 0.383. The molecule has 0 bridgehead atoms. The molecule has 4 N–H and O–H groups in total. The minimum absolute atomic E-state index is 0.142. The van der Waals surface area contributed by atoms with Crippen LogP contribution in [0.15, 0.2) is 0 Å².